The van der Waals surface area contributed by atoms with Gasteiger partial charge in [0.05, 0.1) is 13.2 Å². The highest BCUT2D eigenvalue weighted by Crippen LogP contribution is 2.22. The average Bonchev–Trinajstić information content (AvgIpc) is 3.06. The van der Waals surface area contributed by atoms with Crippen LogP contribution in [0.1, 0.15) is 33.6 Å². The summed E-state index contributed by atoms with van der Waals surface area (Å²) in [6.07, 6.45) is 0. The largest absolute Gasteiger partial charge is 0.497 e. The minimum Gasteiger partial charge on any atom is -0.497 e. The number of benzene rings is 1. The fraction of sp³-hybridized carbons (Fsp3) is 0.368. The highest BCUT2D eigenvalue weighted by Gasteiger charge is 2.19. The molecule has 3 rings (SSSR count). The molecule has 0 fully saturated rings. The normalized spacial score (nSPS) is 12.4. The number of rotatable bonds is 6. The summed E-state index contributed by atoms with van der Waals surface area (Å²) in [7, 11) is 5.57. The van der Waals surface area contributed by atoms with E-state index in [4.69, 9.17) is 4.74 Å². The molecule has 8 heteroatoms. The van der Waals surface area contributed by atoms with Gasteiger partial charge in [-0.15, -0.1) is 5.10 Å². The predicted molar refractivity (Wildman–Crippen MR) is 102 cm³/mol. The molecule has 1 aromatic carbocycles. The number of nitrogens with one attached hydrogen (secondary N) is 1. The SMILES string of the molecule is COc1cccc(C(CNC(=O)c2nc3nc(C)cc(C)n3n2)N(C)C)c1. The maximum atomic E-state index is 12.6. The quantitative estimate of drug-likeness (QED) is 0.714. The molecule has 1 atom stereocenters. The van der Waals surface area contributed by atoms with Crippen LogP contribution in [0.15, 0.2) is 30.3 Å². The Kier molecular flexibility index (Phi) is 5.36. The monoisotopic (exact) mass is 368 g/mol. The fourth-order valence-electron chi connectivity index (χ4n) is 2.98. The number of nitrogens with zero attached hydrogens (tertiary/aromatic N) is 5. The van der Waals surface area contributed by atoms with Crippen molar-refractivity contribution in [2.24, 2.45) is 0 Å². The zero-order chi connectivity index (χ0) is 19.6. The molecular formula is C19H24N6O2. The van der Waals surface area contributed by atoms with Gasteiger partial charge in [0.25, 0.3) is 11.7 Å². The smallest absolute Gasteiger partial charge is 0.291 e. The third kappa shape index (κ3) is 4.06. The van der Waals surface area contributed by atoms with Crippen LogP contribution in [0.2, 0.25) is 0 Å². The molecule has 0 aliphatic rings. The zero-order valence-electron chi connectivity index (χ0n) is 16.2. The second-order valence-electron chi connectivity index (χ2n) is 6.65. The molecule has 0 spiro atoms. The van der Waals surface area contributed by atoms with Crippen LogP contribution in [0.5, 0.6) is 5.75 Å². The number of methoxy groups -OCH3 is 1. The Bertz CT molecular complexity index is 966. The lowest BCUT2D eigenvalue weighted by Crippen LogP contribution is -2.35. The van der Waals surface area contributed by atoms with E-state index in [2.05, 4.69) is 20.4 Å². The Labute approximate surface area is 158 Å². The van der Waals surface area contributed by atoms with Crippen LogP contribution in [-0.2, 0) is 0 Å². The molecule has 3 aromatic rings. The van der Waals surface area contributed by atoms with Gasteiger partial charge in [0.2, 0.25) is 5.82 Å². The molecule has 1 amide bonds. The lowest BCUT2D eigenvalue weighted by molar-refractivity contribution is 0.0931. The standard InChI is InChI=1S/C19H24N6O2/c1-12-9-13(2)25-19(21-12)22-17(23-25)18(26)20-11-16(24(3)4)14-7-6-8-15(10-14)27-5/h6-10,16H,11H2,1-5H3,(H,20,26). The van der Waals surface area contributed by atoms with E-state index in [1.807, 2.05) is 63.2 Å². The van der Waals surface area contributed by atoms with E-state index >= 15 is 0 Å². The molecule has 0 radical (unpaired) electrons. The van der Waals surface area contributed by atoms with Gasteiger partial charge >= 0.3 is 0 Å². The number of carbonyl (C=O) groups is 1. The molecule has 27 heavy (non-hydrogen) atoms. The predicted octanol–water partition coefficient (Wildman–Crippen LogP) is 1.78. The van der Waals surface area contributed by atoms with E-state index in [1.165, 1.54) is 0 Å². The molecule has 2 heterocycles. The van der Waals surface area contributed by atoms with Crippen LogP contribution in [0.3, 0.4) is 0 Å². The Morgan fingerprint density at radius 1 is 1.26 bits per heavy atom. The van der Waals surface area contributed by atoms with Gasteiger partial charge in [-0.3, -0.25) is 4.79 Å². The second kappa shape index (κ2) is 7.71. The third-order valence-corrected chi connectivity index (χ3v) is 4.38. The number of fused-ring (bicyclic) bond motifs is 1. The molecule has 142 valence electrons. The molecule has 1 N–H and O–H groups in total. The average molecular weight is 368 g/mol. The van der Waals surface area contributed by atoms with Crippen molar-refractivity contribution >= 4 is 11.7 Å². The minimum absolute atomic E-state index is 0.0109. The molecule has 0 aliphatic carbocycles. The van der Waals surface area contributed by atoms with E-state index in [0.29, 0.717) is 12.3 Å². The van der Waals surface area contributed by atoms with Crippen molar-refractivity contribution < 1.29 is 9.53 Å². The molecule has 2 aromatic heterocycles. The summed E-state index contributed by atoms with van der Waals surface area (Å²) >= 11 is 0. The number of hydrogen-bond acceptors (Lipinski definition) is 6. The van der Waals surface area contributed by atoms with Gasteiger partial charge in [0.1, 0.15) is 5.75 Å². The van der Waals surface area contributed by atoms with Gasteiger partial charge in [-0.05, 0) is 51.7 Å². The molecule has 0 aliphatic heterocycles. The van der Waals surface area contributed by atoms with E-state index in [1.54, 1.807) is 11.6 Å². The van der Waals surface area contributed by atoms with E-state index < -0.39 is 0 Å². The zero-order valence-corrected chi connectivity index (χ0v) is 16.2. The highest BCUT2D eigenvalue weighted by molar-refractivity contribution is 5.90. The topological polar surface area (TPSA) is 84.6 Å². The molecule has 8 nitrogen and oxygen atoms in total. The molecule has 1 unspecified atom stereocenters. The maximum Gasteiger partial charge on any atom is 0.291 e. The maximum absolute atomic E-state index is 12.6. The molecule has 0 saturated carbocycles. The molecule has 0 bridgehead atoms. The van der Waals surface area contributed by atoms with Crippen molar-refractivity contribution in [3.63, 3.8) is 0 Å². The summed E-state index contributed by atoms with van der Waals surface area (Å²) in [5.41, 5.74) is 2.77. The minimum atomic E-state index is -0.327. The van der Waals surface area contributed by atoms with Gasteiger partial charge in [-0.2, -0.15) is 4.98 Å². The lowest BCUT2D eigenvalue weighted by Gasteiger charge is -2.25. The third-order valence-electron chi connectivity index (χ3n) is 4.38. The van der Waals surface area contributed by atoms with Crippen LogP contribution in [0, 0.1) is 13.8 Å². The van der Waals surface area contributed by atoms with Crippen LogP contribution in [0.4, 0.5) is 0 Å². The van der Waals surface area contributed by atoms with Crippen LogP contribution >= 0.6 is 0 Å². The number of amides is 1. The number of aromatic nitrogens is 4. The highest BCUT2D eigenvalue weighted by atomic mass is 16.5. The summed E-state index contributed by atoms with van der Waals surface area (Å²) in [5.74, 6) is 0.992. The van der Waals surface area contributed by atoms with Crippen LogP contribution < -0.4 is 10.1 Å². The van der Waals surface area contributed by atoms with Crippen molar-refractivity contribution in [1.29, 1.82) is 0 Å². The van der Waals surface area contributed by atoms with Gasteiger partial charge in [0.15, 0.2) is 0 Å². The van der Waals surface area contributed by atoms with Crippen LogP contribution in [0.25, 0.3) is 5.78 Å². The summed E-state index contributed by atoms with van der Waals surface area (Å²) < 4.78 is 6.88. The van der Waals surface area contributed by atoms with Gasteiger partial charge in [-0.25, -0.2) is 9.50 Å². The van der Waals surface area contributed by atoms with Gasteiger partial charge in [-0.1, -0.05) is 12.1 Å². The van der Waals surface area contributed by atoms with E-state index in [9.17, 15) is 4.79 Å². The summed E-state index contributed by atoms with van der Waals surface area (Å²) in [6, 6.07) is 9.70. The Hall–Kier alpha value is -3.00. The van der Waals surface area contributed by atoms with Crippen molar-refractivity contribution in [2.75, 3.05) is 27.7 Å². The fourth-order valence-corrected chi connectivity index (χ4v) is 2.98. The molecular weight excluding hydrogens is 344 g/mol. The Morgan fingerprint density at radius 3 is 2.74 bits per heavy atom. The van der Waals surface area contributed by atoms with Gasteiger partial charge in [0, 0.05) is 17.9 Å². The van der Waals surface area contributed by atoms with Crippen molar-refractivity contribution in [1.82, 2.24) is 29.8 Å². The number of ether oxygens (including phenoxy) is 1. The van der Waals surface area contributed by atoms with E-state index in [-0.39, 0.29) is 17.8 Å². The van der Waals surface area contributed by atoms with Gasteiger partial charge < -0.3 is 15.0 Å². The first-order valence-corrected chi connectivity index (χ1v) is 8.68. The summed E-state index contributed by atoms with van der Waals surface area (Å²) in [4.78, 5) is 23.2. The second-order valence-corrected chi connectivity index (χ2v) is 6.65. The first kappa shape index (κ1) is 18.8. The number of likely N-dealkylation sites (N-methyl/N-ethyl adjacent to an activating group) is 1. The lowest BCUT2D eigenvalue weighted by atomic mass is 10.1. The Morgan fingerprint density at radius 2 is 2.04 bits per heavy atom. The number of hydrogen-bond donors (Lipinski definition) is 1. The number of carbonyl (C=O) groups excluding carboxylic acids is 1. The van der Waals surface area contributed by atoms with Crippen LogP contribution in [-0.4, -0.2) is 58.1 Å². The molecule has 0 saturated heterocycles. The van der Waals surface area contributed by atoms with E-state index in [0.717, 1.165) is 22.7 Å². The first-order valence-electron chi connectivity index (χ1n) is 8.68. The summed E-state index contributed by atoms with van der Waals surface area (Å²) in [6.45, 7) is 4.21. The van der Waals surface area contributed by atoms with Crippen molar-refractivity contribution in [3.8, 4) is 5.75 Å². The Balaban J connectivity index is 1.77. The number of aryl methyl sites for hydroxylation is 2. The first-order chi connectivity index (χ1) is 12.9. The van der Waals surface area contributed by atoms with Crippen molar-refractivity contribution in [2.45, 2.75) is 19.9 Å². The summed E-state index contributed by atoms with van der Waals surface area (Å²) in [5, 5.41) is 7.20. The van der Waals surface area contributed by atoms with Crippen molar-refractivity contribution in [3.05, 3.63) is 53.1 Å².